The van der Waals surface area contributed by atoms with Crippen LogP contribution in [-0.4, -0.2) is 51.5 Å². The average Bonchev–Trinajstić information content (AvgIpc) is 3.80. The molecular weight excluding hydrogens is 559 g/mol. The van der Waals surface area contributed by atoms with Gasteiger partial charge in [0.25, 0.3) is 11.5 Å². The molecule has 9 nitrogen and oxygen atoms in total. The minimum absolute atomic E-state index is 0.0704. The van der Waals surface area contributed by atoms with Gasteiger partial charge in [-0.15, -0.1) is 0 Å². The Labute approximate surface area is 247 Å². The van der Waals surface area contributed by atoms with Gasteiger partial charge in [-0.05, 0) is 58.2 Å². The zero-order valence-electron chi connectivity index (χ0n) is 24.0. The number of carbonyl (C=O) groups is 1. The van der Waals surface area contributed by atoms with Gasteiger partial charge in [0.05, 0.1) is 28.5 Å². The maximum absolute atomic E-state index is 15.9. The zero-order chi connectivity index (χ0) is 30.4. The van der Waals surface area contributed by atoms with Gasteiger partial charge in [-0.25, -0.2) is 23.1 Å². The lowest BCUT2D eigenvalue weighted by Crippen LogP contribution is -2.41. The smallest absolute Gasteiger partial charge is 0.278 e. The summed E-state index contributed by atoms with van der Waals surface area (Å²) in [6.45, 7) is 3.49. The number of anilines is 1. The molecule has 2 N–H and O–H groups in total. The molecule has 3 aromatic rings. The number of fused-ring (bicyclic) bond motifs is 9. The Morgan fingerprint density at radius 1 is 1.07 bits per heavy atom. The second-order valence-corrected chi connectivity index (χ2v) is 11.9. The zero-order valence-corrected chi connectivity index (χ0v) is 24.0. The molecule has 2 aromatic heterocycles. The van der Waals surface area contributed by atoms with Crippen LogP contribution in [0.4, 0.5) is 19.0 Å². The van der Waals surface area contributed by atoms with Gasteiger partial charge < -0.3 is 15.5 Å². The van der Waals surface area contributed by atoms with Crippen LogP contribution in [0.2, 0.25) is 0 Å². The van der Waals surface area contributed by atoms with Crippen molar-refractivity contribution in [3.63, 3.8) is 0 Å². The summed E-state index contributed by atoms with van der Waals surface area (Å²) < 4.78 is 49.0. The third-order valence-corrected chi connectivity index (χ3v) is 9.21. The van der Waals surface area contributed by atoms with Crippen molar-refractivity contribution in [2.75, 3.05) is 31.5 Å². The molecule has 12 heteroatoms. The molecule has 4 aliphatic rings. The number of carbonyl (C=O) groups excluding carboxylic acids is 1. The summed E-state index contributed by atoms with van der Waals surface area (Å²) in [5.74, 6) is -5.22. The van der Waals surface area contributed by atoms with Gasteiger partial charge in [-0.3, -0.25) is 14.2 Å². The fraction of sp³-hybridized carbons (Fsp3) is 0.516. The topological polar surface area (TPSA) is 116 Å². The van der Waals surface area contributed by atoms with Crippen molar-refractivity contribution in [2.24, 2.45) is 5.92 Å². The van der Waals surface area contributed by atoms with Gasteiger partial charge in [0.2, 0.25) is 5.91 Å². The van der Waals surface area contributed by atoms with Crippen molar-refractivity contribution < 1.29 is 18.0 Å². The van der Waals surface area contributed by atoms with E-state index in [0.29, 0.717) is 67.9 Å². The van der Waals surface area contributed by atoms with E-state index in [0.717, 1.165) is 6.07 Å². The monoisotopic (exact) mass is 593 g/mol. The molecule has 43 heavy (non-hydrogen) atoms. The lowest BCUT2D eigenvalue weighted by atomic mass is 9.85. The molecule has 0 unspecified atom stereocenters. The largest absolute Gasteiger partial charge is 0.363 e. The average molecular weight is 594 g/mol. The van der Waals surface area contributed by atoms with E-state index in [1.807, 2.05) is 4.90 Å². The molecule has 1 aromatic carbocycles. The molecule has 1 saturated heterocycles. The van der Waals surface area contributed by atoms with Crippen LogP contribution in [0.15, 0.2) is 35.4 Å². The van der Waals surface area contributed by atoms with E-state index >= 15 is 13.2 Å². The highest BCUT2D eigenvalue weighted by atomic mass is 19.3. The minimum Gasteiger partial charge on any atom is -0.363 e. The predicted octanol–water partition coefficient (Wildman–Crippen LogP) is 4.37. The van der Waals surface area contributed by atoms with Crippen molar-refractivity contribution in [3.05, 3.63) is 63.5 Å². The van der Waals surface area contributed by atoms with E-state index in [1.165, 1.54) is 23.0 Å². The van der Waals surface area contributed by atoms with Crippen LogP contribution in [-0.2, 0) is 22.7 Å². The molecule has 5 heterocycles. The summed E-state index contributed by atoms with van der Waals surface area (Å²) in [4.78, 5) is 36.9. The van der Waals surface area contributed by atoms with Gasteiger partial charge in [0.15, 0.2) is 0 Å². The number of aryl methyl sites for hydroxylation is 1. The standard InChI is InChI=1S/C31H34F3N7O2/c1-19-21-4-2-5-23(26(21)32)31(33,34)20-6-13-40(14-7-20)15-8-25(42)36-11-3-12-41-28-22(27(39-19)37-18-38-28)16-24(29(41)43)30(17-35)9-10-30/h2,4-5,16,18-20H,3,6-15H2,1H3,(H,36,42)(H,37,38,39)/t19-/m1/s1. The summed E-state index contributed by atoms with van der Waals surface area (Å²) in [6.07, 6.45) is 3.46. The number of halogens is 3. The number of rotatable bonds is 1. The summed E-state index contributed by atoms with van der Waals surface area (Å²) >= 11 is 0. The fourth-order valence-electron chi connectivity index (χ4n) is 6.39. The maximum atomic E-state index is 15.9. The lowest BCUT2D eigenvalue weighted by molar-refractivity contribution is -0.122. The first-order valence-electron chi connectivity index (χ1n) is 14.9. The number of benzene rings is 1. The molecule has 0 radical (unpaired) electrons. The third kappa shape index (κ3) is 5.35. The summed E-state index contributed by atoms with van der Waals surface area (Å²) in [5, 5.41) is 16.4. The molecule has 8 bridgehead atoms. The van der Waals surface area contributed by atoms with Crippen LogP contribution in [0.3, 0.4) is 0 Å². The van der Waals surface area contributed by atoms with E-state index in [9.17, 15) is 14.9 Å². The van der Waals surface area contributed by atoms with Crippen LogP contribution in [0.25, 0.3) is 11.0 Å². The van der Waals surface area contributed by atoms with Crippen molar-refractivity contribution in [1.82, 2.24) is 24.8 Å². The van der Waals surface area contributed by atoms with Gasteiger partial charge in [0, 0.05) is 43.1 Å². The highest BCUT2D eigenvalue weighted by Gasteiger charge is 2.48. The minimum atomic E-state index is -3.37. The molecule has 1 saturated carbocycles. The first-order valence-corrected chi connectivity index (χ1v) is 14.9. The summed E-state index contributed by atoms with van der Waals surface area (Å²) in [7, 11) is 0. The van der Waals surface area contributed by atoms with E-state index in [1.54, 1.807) is 13.0 Å². The van der Waals surface area contributed by atoms with Crippen molar-refractivity contribution in [3.8, 4) is 6.07 Å². The van der Waals surface area contributed by atoms with Crippen LogP contribution < -0.4 is 16.2 Å². The highest BCUT2D eigenvalue weighted by Crippen LogP contribution is 2.47. The number of pyridine rings is 1. The van der Waals surface area contributed by atoms with Crippen LogP contribution >= 0.6 is 0 Å². The second-order valence-electron chi connectivity index (χ2n) is 11.9. The van der Waals surface area contributed by atoms with Gasteiger partial charge >= 0.3 is 0 Å². The predicted molar refractivity (Wildman–Crippen MR) is 154 cm³/mol. The second kappa shape index (κ2) is 11.3. The van der Waals surface area contributed by atoms with Crippen molar-refractivity contribution >= 4 is 22.8 Å². The molecule has 1 aliphatic carbocycles. The lowest BCUT2D eigenvalue weighted by Gasteiger charge is -2.36. The molecule has 226 valence electrons. The van der Waals surface area contributed by atoms with E-state index in [4.69, 9.17) is 0 Å². The molecular formula is C31H34F3N7O2. The number of alkyl halides is 2. The molecule has 0 spiro atoms. The van der Waals surface area contributed by atoms with Gasteiger partial charge in [0.1, 0.15) is 23.6 Å². The quantitative estimate of drug-likeness (QED) is 0.431. The van der Waals surface area contributed by atoms with E-state index < -0.39 is 34.7 Å². The Hall–Kier alpha value is -3.98. The van der Waals surface area contributed by atoms with Gasteiger partial charge in [-0.2, -0.15) is 5.26 Å². The number of amides is 1. The number of hydrogen-bond acceptors (Lipinski definition) is 7. The number of nitriles is 1. The Kier molecular flexibility index (Phi) is 7.62. The Morgan fingerprint density at radius 3 is 2.56 bits per heavy atom. The fourth-order valence-corrected chi connectivity index (χ4v) is 6.39. The van der Waals surface area contributed by atoms with Crippen LogP contribution in [0.5, 0.6) is 0 Å². The molecule has 2 fully saturated rings. The number of aromatic nitrogens is 3. The van der Waals surface area contributed by atoms with Crippen molar-refractivity contribution in [1.29, 1.82) is 5.26 Å². The van der Waals surface area contributed by atoms with Gasteiger partial charge in [-0.1, -0.05) is 18.2 Å². The third-order valence-electron chi connectivity index (χ3n) is 9.21. The summed E-state index contributed by atoms with van der Waals surface area (Å²) in [5.41, 5.74) is -1.11. The van der Waals surface area contributed by atoms with Crippen LogP contribution in [0, 0.1) is 23.1 Å². The number of piperidine rings is 1. The first-order chi connectivity index (χ1) is 20.6. The van der Waals surface area contributed by atoms with E-state index in [-0.39, 0.29) is 42.8 Å². The first kappa shape index (κ1) is 29.1. The molecule has 7 rings (SSSR count). The number of hydrogen-bond donors (Lipinski definition) is 2. The SMILES string of the molecule is C[C@H]1Nc2ncnc3c2cc(C2(C#N)CC2)c(=O)n3CCCNC(=O)CCN2CCC(CC2)C(F)(F)c2cccc1c2F. The molecule has 3 aliphatic heterocycles. The van der Waals surface area contributed by atoms with E-state index in [2.05, 4.69) is 26.7 Å². The number of nitrogens with one attached hydrogen (secondary N) is 2. The normalized spacial score (nSPS) is 25.3. The highest BCUT2D eigenvalue weighted by molar-refractivity contribution is 5.87. The Bertz CT molecular complexity index is 1660. The summed E-state index contributed by atoms with van der Waals surface area (Å²) in [6, 6.07) is 7.24. The number of nitrogens with zero attached hydrogens (tertiary/aromatic N) is 5. The Balaban J connectivity index is 1.44. The molecule has 1 atom stereocenters. The van der Waals surface area contributed by atoms with Crippen LogP contribution in [0.1, 0.15) is 68.2 Å². The maximum Gasteiger partial charge on any atom is 0.278 e. The molecule has 1 amide bonds. The van der Waals surface area contributed by atoms with Crippen molar-refractivity contribution in [2.45, 2.75) is 69.4 Å². The Morgan fingerprint density at radius 2 is 1.84 bits per heavy atom.